The van der Waals surface area contributed by atoms with Crippen LogP contribution in [0.5, 0.6) is 0 Å². The van der Waals surface area contributed by atoms with Crippen molar-refractivity contribution in [3.05, 3.63) is 60.4 Å². The summed E-state index contributed by atoms with van der Waals surface area (Å²) in [5.74, 6) is -0.0566. The molecule has 0 saturated heterocycles. The number of nitrogens with zero attached hydrogens (tertiary/aromatic N) is 3. The van der Waals surface area contributed by atoms with Crippen LogP contribution in [0.15, 0.2) is 54.9 Å². The van der Waals surface area contributed by atoms with Crippen molar-refractivity contribution in [2.24, 2.45) is 0 Å². The Bertz CT molecular complexity index is 837. The van der Waals surface area contributed by atoms with E-state index in [1.807, 2.05) is 59.3 Å². The van der Waals surface area contributed by atoms with Crippen LogP contribution in [0.1, 0.15) is 24.2 Å². The lowest BCUT2D eigenvalue weighted by molar-refractivity contribution is 0.0949. The Morgan fingerprint density at radius 1 is 1.16 bits per heavy atom. The smallest absolute Gasteiger partial charge is 0.251 e. The molecule has 0 aliphatic rings. The number of carbonyl (C=O) groups excluding carboxylic acids is 1. The first-order chi connectivity index (χ1) is 12.2. The molecule has 3 rings (SSSR count). The van der Waals surface area contributed by atoms with E-state index in [0.717, 1.165) is 36.5 Å². The quantitative estimate of drug-likeness (QED) is 0.721. The van der Waals surface area contributed by atoms with E-state index in [1.54, 1.807) is 0 Å². The molecule has 1 amide bonds. The number of aromatic nitrogens is 2. The Labute approximate surface area is 148 Å². The van der Waals surface area contributed by atoms with Crippen LogP contribution in [0.4, 0.5) is 0 Å². The Kier molecular flexibility index (Phi) is 5.46. The van der Waals surface area contributed by atoms with Gasteiger partial charge < -0.3 is 14.6 Å². The monoisotopic (exact) mass is 336 g/mol. The second kappa shape index (κ2) is 7.94. The summed E-state index contributed by atoms with van der Waals surface area (Å²) in [5, 5.41) is 2.98. The van der Waals surface area contributed by atoms with Gasteiger partial charge in [0, 0.05) is 36.6 Å². The summed E-state index contributed by atoms with van der Waals surface area (Å²) in [5.41, 5.74) is 3.38. The van der Waals surface area contributed by atoms with Gasteiger partial charge in [0.15, 0.2) is 0 Å². The minimum Gasteiger partial charge on any atom is -0.351 e. The van der Waals surface area contributed by atoms with E-state index in [4.69, 9.17) is 0 Å². The summed E-state index contributed by atoms with van der Waals surface area (Å²) < 4.78 is 1.94. The summed E-state index contributed by atoms with van der Waals surface area (Å²) in [6, 6.07) is 13.7. The fourth-order valence-corrected chi connectivity index (χ4v) is 2.84. The molecule has 0 saturated carbocycles. The van der Waals surface area contributed by atoms with Crippen LogP contribution in [0.25, 0.3) is 16.9 Å². The van der Waals surface area contributed by atoms with Crippen LogP contribution in [0.3, 0.4) is 0 Å². The van der Waals surface area contributed by atoms with Crippen LogP contribution < -0.4 is 5.32 Å². The molecule has 2 heterocycles. The lowest BCUT2D eigenvalue weighted by Gasteiger charge is -2.17. The first-order valence-electron chi connectivity index (χ1n) is 8.76. The molecule has 130 valence electrons. The molecule has 0 radical (unpaired) electrons. The molecule has 0 aliphatic heterocycles. The van der Waals surface area contributed by atoms with Crippen LogP contribution in [0, 0.1) is 0 Å². The number of benzene rings is 1. The molecule has 3 aromatic rings. The van der Waals surface area contributed by atoms with Gasteiger partial charge in [-0.05, 0) is 25.2 Å². The molecular weight excluding hydrogens is 312 g/mol. The number of nitrogens with one attached hydrogen (secondary N) is 1. The molecule has 0 fully saturated rings. The SMILES string of the molecule is CCN(CC)CCNC(=O)c1ccn2cc(-c3ccccc3)nc2c1. The third-order valence-electron chi connectivity index (χ3n) is 4.40. The van der Waals surface area contributed by atoms with Crippen molar-refractivity contribution in [1.82, 2.24) is 19.6 Å². The van der Waals surface area contributed by atoms with E-state index < -0.39 is 0 Å². The summed E-state index contributed by atoms with van der Waals surface area (Å²) in [7, 11) is 0. The van der Waals surface area contributed by atoms with Gasteiger partial charge in [-0.15, -0.1) is 0 Å². The Morgan fingerprint density at radius 3 is 2.64 bits per heavy atom. The molecule has 0 bridgehead atoms. The van der Waals surface area contributed by atoms with E-state index in [-0.39, 0.29) is 5.91 Å². The first-order valence-corrected chi connectivity index (χ1v) is 8.76. The topological polar surface area (TPSA) is 49.6 Å². The average Bonchev–Trinajstić information content (AvgIpc) is 3.09. The predicted octanol–water partition coefficient (Wildman–Crippen LogP) is 3.07. The second-order valence-corrected chi connectivity index (χ2v) is 5.96. The van der Waals surface area contributed by atoms with Crippen molar-refractivity contribution in [2.45, 2.75) is 13.8 Å². The molecular formula is C20H24N4O. The molecule has 2 aromatic heterocycles. The van der Waals surface area contributed by atoms with Crippen molar-refractivity contribution < 1.29 is 4.79 Å². The molecule has 5 heteroatoms. The zero-order valence-corrected chi connectivity index (χ0v) is 14.8. The van der Waals surface area contributed by atoms with Crippen molar-refractivity contribution >= 4 is 11.6 Å². The largest absolute Gasteiger partial charge is 0.351 e. The molecule has 0 aliphatic carbocycles. The molecule has 25 heavy (non-hydrogen) atoms. The van der Waals surface area contributed by atoms with Crippen LogP contribution in [-0.4, -0.2) is 46.4 Å². The first kappa shape index (κ1) is 17.2. The highest BCUT2D eigenvalue weighted by atomic mass is 16.1. The van der Waals surface area contributed by atoms with Gasteiger partial charge >= 0.3 is 0 Å². The standard InChI is InChI=1S/C20H24N4O/c1-3-23(4-2)13-11-21-20(25)17-10-12-24-15-18(22-19(24)14-17)16-8-6-5-7-9-16/h5-10,12,14-15H,3-4,11,13H2,1-2H3,(H,21,25). The highest BCUT2D eigenvalue weighted by Gasteiger charge is 2.09. The van der Waals surface area contributed by atoms with Gasteiger partial charge in [0.25, 0.3) is 5.91 Å². The predicted molar refractivity (Wildman–Crippen MR) is 101 cm³/mol. The van der Waals surface area contributed by atoms with Gasteiger partial charge in [0.1, 0.15) is 5.65 Å². The molecule has 0 unspecified atom stereocenters. The van der Waals surface area contributed by atoms with Gasteiger partial charge in [-0.3, -0.25) is 4.79 Å². The maximum Gasteiger partial charge on any atom is 0.251 e. The number of fused-ring (bicyclic) bond motifs is 1. The van der Waals surface area contributed by atoms with Crippen LogP contribution in [0.2, 0.25) is 0 Å². The zero-order chi connectivity index (χ0) is 17.6. The zero-order valence-electron chi connectivity index (χ0n) is 14.8. The number of imidazole rings is 1. The summed E-state index contributed by atoms with van der Waals surface area (Å²) in [6.45, 7) is 7.75. The van der Waals surface area contributed by atoms with E-state index in [0.29, 0.717) is 12.1 Å². The number of hydrogen-bond acceptors (Lipinski definition) is 3. The van der Waals surface area contributed by atoms with E-state index in [1.165, 1.54) is 0 Å². The molecule has 0 atom stereocenters. The summed E-state index contributed by atoms with van der Waals surface area (Å²) in [6.07, 6.45) is 3.86. The summed E-state index contributed by atoms with van der Waals surface area (Å²) >= 11 is 0. The average molecular weight is 336 g/mol. The number of pyridine rings is 1. The van der Waals surface area contributed by atoms with Crippen molar-refractivity contribution in [1.29, 1.82) is 0 Å². The molecule has 5 nitrogen and oxygen atoms in total. The second-order valence-electron chi connectivity index (χ2n) is 5.96. The van der Waals surface area contributed by atoms with Gasteiger partial charge in [-0.2, -0.15) is 0 Å². The normalized spacial score (nSPS) is 11.2. The minimum absolute atomic E-state index is 0.0566. The van der Waals surface area contributed by atoms with Crippen LogP contribution in [-0.2, 0) is 0 Å². The molecule has 1 N–H and O–H groups in total. The third-order valence-corrected chi connectivity index (χ3v) is 4.40. The minimum atomic E-state index is -0.0566. The Morgan fingerprint density at radius 2 is 1.92 bits per heavy atom. The number of carbonyl (C=O) groups is 1. The van der Waals surface area contributed by atoms with Crippen LogP contribution >= 0.6 is 0 Å². The van der Waals surface area contributed by atoms with E-state index in [2.05, 4.69) is 29.0 Å². The fraction of sp³-hybridized carbons (Fsp3) is 0.300. The Hall–Kier alpha value is -2.66. The van der Waals surface area contributed by atoms with Gasteiger partial charge in [0.2, 0.25) is 0 Å². The number of rotatable bonds is 7. The summed E-state index contributed by atoms with van der Waals surface area (Å²) in [4.78, 5) is 19.3. The third kappa shape index (κ3) is 4.06. The van der Waals surface area contributed by atoms with Crippen molar-refractivity contribution in [2.75, 3.05) is 26.2 Å². The lowest BCUT2D eigenvalue weighted by Crippen LogP contribution is -2.34. The fourth-order valence-electron chi connectivity index (χ4n) is 2.84. The highest BCUT2D eigenvalue weighted by Crippen LogP contribution is 2.19. The number of amides is 1. The van der Waals surface area contributed by atoms with Gasteiger partial charge in [-0.1, -0.05) is 44.2 Å². The lowest BCUT2D eigenvalue weighted by atomic mass is 10.2. The maximum atomic E-state index is 12.4. The van der Waals surface area contributed by atoms with Crippen molar-refractivity contribution in [3.63, 3.8) is 0 Å². The maximum absolute atomic E-state index is 12.4. The van der Waals surface area contributed by atoms with Crippen molar-refractivity contribution in [3.8, 4) is 11.3 Å². The Balaban J connectivity index is 1.71. The number of likely N-dealkylation sites (N-methyl/N-ethyl adjacent to an activating group) is 1. The molecule has 1 aromatic carbocycles. The molecule has 0 spiro atoms. The number of hydrogen-bond donors (Lipinski definition) is 1. The van der Waals surface area contributed by atoms with Gasteiger partial charge in [0.05, 0.1) is 5.69 Å². The van der Waals surface area contributed by atoms with E-state index >= 15 is 0 Å². The van der Waals surface area contributed by atoms with E-state index in [9.17, 15) is 4.79 Å². The highest BCUT2D eigenvalue weighted by molar-refractivity contribution is 5.95. The van der Waals surface area contributed by atoms with Gasteiger partial charge in [-0.25, -0.2) is 4.98 Å².